The fourth-order valence-corrected chi connectivity index (χ4v) is 5.68. The molecular formula is C27H42N4O12. The van der Waals surface area contributed by atoms with Gasteiger partial charge in [-0.3, -0.25) is 4.99 Å². The van der Waals surface area contributed by atoms with Crippen molar-refractivity contribution in [1.29, 1.82) is 0 Å². The van der Waals surface area contributed by atoms with Gasteiger partial charge in [0.15, 0.2) is 12.2 Å². The first-order valence-electron chi connectivity index (χ1n) is 13.9. The summed E-state index contributed by atoms with van der Waals surface area (Å²) < 4.78 is 21.9. The third kappa shape index (κ3) is 7.90. The van der Waals surface area contributed by atoms with Crippen LogP contribution in [-0.4, -0.2) is 133 Å². The summed E-state index contributed by atoms with van der Waals surface area (Å²) in [7, 11) is 2.64. The van der Waals surface area contributed by atoms with E-state index in [9.17, 15) is 40.2 Å². The minimum Gasteiger partial charge on any atom is -0.550 e. The molecule has 3 aliphatic heterocycles. The van der Waals surface area contributed by atoms with Gasteiger partial charge in [0.1, 0.15) is 31.0 Å². The molecule has 3 rings (SSSR count). The summed E-state index contributed by atoms with van der Waals surface area (Å²) in [5, 5.41) is 64.8. The number of aliphatic carboxylic acids is 1. The van der Waals surface area contributed by atoms with Crippen LogP contribution in [0.25, 0.3) is 0 Å². The first kappa shape index (κ1) is 34.4. The second-order valence-corrected chi connectivity index (χ2v) is 10.6. The van der Waals surface area contributed by atoms with Crippen molar-refractivity contribution >= 4 is 17.9 Å². The van der Waals surface area contributed by atoms with Crippen LogP contribution in [0, 0.1) is 23.7 Å². The average Bonchev–Trinajstić information content (AvgIpc) is 3.00. The van der Waals surface area contributed by atoms with Crippen LogP contribution in [0.3, 0.4) is 0 Å². The molecule has 242 valence electrons. The van der Waals surface area contributed by atoms with Crippen LogP contribution >= 0.6 is 0 Å². The van der Waals surface area contributed by atoms with Crippen LogP contribution in [0.5, 0.6) is 0 Å². The molecule has 0 aromatic rings. The number of aliphatic imine (C=N–C) groups is 1. The Balaban J connectivity index is 1.95. The molecule has 12 atom stereocenters. The smallest absolute Gasteiger partial charge is 0.337 e. The van der Waals surface area contributed by atoms with Crippen molar-refractivity contribution in [3.05, 3.63) is 36.6 Å². The van der Waals surface area contributed by atoms with Crippen LogP contribution in [0.1, 0.15) is 0 Å². The standard InChI is InChI=1S/C27H42N4O12/c1-4-14-15(6-5-13-9-31(7-8-32)10-16(23(37)38)19(13)30-27(28)29-2)17(24(39)40-3)12-41-25(14)43-26-22(36)21(35)20(34)18(11-33)42-26/h4-6,12-16,18-22,25-26,32-36H,1,7-11H2,2-3H3,(H,37,38)(H3,28,29,30). The van der Waals surface area contributed by atoms with Gasteiger partial charge in [0, 0.05) is 18.9 Å². The van der Waals surface area contributed by atoms with Crippen molar-refractivity contribution in [3.63, 3.8) is 0 Å². The van der Waals surface area contributed by atoms with Crippen LogP contribution in [0.4, 0.5) is 0 Å². The highest BCUT2D eigenvalue weighted by Gasteiger charge is 2.47. The zero-order valence-electron chi connectivity index (χ0n) is 24.0. The minimum absolute atomic E-state index is 0.0263. The molecule has 0 amide bonds. The Morgan fingerprint density at radius 1 is 1.21 bits per heavy atom. The Labute approximate surface area is 248 Å². The van der Waals surface area contributed by atoms with E-state index in [-0.39, 0.29) is 24.7 Å². The van der Waals surface area contributed by atoms with Gasteiger partial charge in [-0.2, -0.15) is 0 Å². The lowest BCUT2D eigenvalue weighted by Gasteiger charge is -2.43. The Morgan fingerprint density at radius 2 is 1.93 bits per heavy atom. The van der Waals surface area contributed by atoms with Gasteiger partial charge in [0.05, 0.1) is 69.1 Å². The fraction of sp³-hybridized carbons (Fsp3) is 0.667. The Bertz CT molecular complexity index is 1070. The molecule has 0 aromatic carbocycles. The number of hydrogen-bond donors (Lipinski definition) is 8. The molecule has 0 bridgehead atoms. The SMILES string of the molecule is C=CC1C(OC2OC(CO)C(O)C(O)C2O)OC=C(C(=O)OC)C1C=CC1C[NH+](CCO)CC(C(=O)[O-])C1NC(N)=NC. The fourth-order valence-electron chi connectivity index (χ4n) is 5.68. The largest absolute Gasteiger partial charge is 0.550 e. The number of carbonyl (C=O) groups is 2. The number of allylic oxidation sites excluding steroid dienone is 1. The van der Waals surface area contributed by atoms with Crippen LogP contribution < -0.4 is 21.1 Å². The average molecular weight is 615 g/mol. The summed E-state index contributed by atoms with van der Waals surface area (Å²) >= 11 is 0. The second kappa shape index (κ2) is 15.6. The Kier molecular flexibility index (Phi) is 12.5. The van der Waals surface area contributed by atoms with E-state index in [1.807, 2.05) is 0 Å². The lowest BCUT2D eigenvalue weighted by Crippen LogP contribution is -3.16. The zero-order valence-corrected chi connectivity index (χ0v) is 24.0. The van der Waals surface area contributed by atoms with Gasteiger partial charge in [-0.05, 0) is 0 Å². The number of nitrogens with two attached hydrogens (primary N) is 1. The van der Waals surface area contributed by atoms with Gasteiger partial charge in [-0.15, -0.1) is 6.58 Å². The number of nitrogens with one attached hydrogen (secondary N) is 2. The summed E-state index contributed by atoms with van der Waals surface area (Å²) in [4.78, 5) is 29.6. The molecule has 0 saturated carbocycles. The molecule has 16 nitrogen and oxygen atoms in total. The zero-order chi connectivity index (χ0) is 31.8. The summed E-state index contributed by atoms with van der Waals surface area (Å²) in [5.74, 6) is -5.07. The van der Waals surface area contributed by atoms with Gasteiger partial charge < -0.3 is 70.3 Å². The molecule has 9 N–H and O–H groups in total. The molecule has 0 aliphatic carbocycles. The van der Waals surface area contributed by atoms with Crippen molar-refractivity contribution < 1.29 is 64.1 Å². The van der Waals surface area contributed by atoms with Crippen molar-refractivity contribution in [2.75, 3.05) is 47.0 Å². The second-order valence-electron chi connectivity index (χ2n) is 10.6. The molecule has 0 radical (unpaired) electrons. The van der Waals surface area contributed by atoms with Crippen LogP contribution in [-0.2, 0) is 28.5 Å². The number of aliphatic hydroxyl groups is 5. The van der Waals surface area contributed by atoms with Gasteiger partial charge in [-0.1, -0.05) is 18.2 Å². The maximum Gasteiger partial charge on any atom is 0.337 e. The van der Waals surface area contributed by atoms with Crippen molar-refractivity contribution in [1.82, 2.24) is 5.32 Å². The third-order valence-corrected chi connectivity index (χ3v) is 8.04. The number of aliphatic hydroxyl groups excluding tert-OH is 5. The first-order chi connectivity index (χ1) is 20.5. The highest BCUT2D eigenvalue weighted by atomic mass is 16.8. The van der Waals surface area contributed by atoms with E-state index < -0.39 is 85.3 Å². The molecule has 16 heteroatoms. The number of piperidine rings is 1. The number of nitrogens with zero attached hydrogens (tertiary/aromatic N) is 1. The molecular weight excluding hydrogens is 572 g/mol. The van der Waals surface area contributed by atoms with Crippen molar-refractivity contribution in [2.24, 2.45) is 34.4 Å². The maximum atomic E-state index is 12.7. The highest BCUT2D eigenvalue weighted by Crippen LogP contribution is 2.36. The maximum absolute atomic E-state index is 12.7. The number of carbonyl (C=O) groups excluding carboxylic acids is 2. The number of methoxy groups -OCH3 is 1. The van der Waals surface area contributed by atoms with E-state index in [1.165, 1.54) is 20.2 Å². The van der Waals surface area contributed by atoms with E-state index in [0.29, 0.717) is 13.1 Å². The summed E-state index contributed by atoms with van der Waals surface area (Å²) in [6, 6.07) is -0.735. The topological polar surface area (TPSA) is 250 Å². The number of guanidine groups is 1. The van der Waals surface area contributed by atoms with Gasteiger partial charge >= 0.3 is 5.97 Å². The molecule has 2 saturated heterocycles. The molecule has 3 aliphatic rings. The molecule has 0 spiro atoms. The number of ether oxygens (including phenoxy) is 4. The Morgan fingerprint density at radius 3 is 2.51 bits per heavy atom. The summed E-state index contributed by atoms with van der Waals surface area (Å²) in [5.41, 5.74) is 5.98. The lowest BCUT2D eigenvalue weighted by molar-refractivity contribution is -0.911. The third-order valence-electron chi connectivity index (χ3n) is 8.04. The number of quaternary nitrogens is 1. The molecule has 2 fully saturated rings. The van der Waals surface area contributed by atoms with Gasteiger partial charge in [0.2, 0.25) is 6.29 Å². The minimum atomic E-state index is -1.70. The normalized spacial score (nSPS) is 38.6. The van der Waals surface area contributed by atoms with Crippen LogP contribution in [0.2, 0.25) is 0 Å². The molecule has 12 unspecified atom stereocenters. The number of rotatable bonds is 11. The van der Waals surface area contributed by atoms with E-state index in [0.717, 1.165) is 11.2 Å². The number of carboxylic acids is 1. The van der Waals surface area contributed by atoms with Crippen LogP contribution in [0.15, 0.2) is 41.6 Å². The Hall–Kier alpha value is -3.09. The predicted molar refractivity (Wildman–Crippen MR) is 145 cm³/mol. The van der Waals surface area contributed by atoms with E-state index in [4.69, 9.17) is 24.7 Å². The molecule has 3 heterocycles. The molecule has 0 aromatic heterocycles. The number of carboxylic acid groups (broad SMARTS) is 1. The van der Waals surface area contributed by atoms with E-state index >= 15 is 0 Å². The van der Waals surface area contributed by atoms with Crippen molar-refractivity contribution in [2.45, 2.75) is 43.0 Å². The summed E-state index contributed by atoms with van der Waals surface area (Å²) in [6.07, 6.45) is -2.99. The van der Waals surface area contributed by atoms with Crippen molar-refractivity contribution in [3.8, 4) is 0 Å². The molecule has 43 heavy (non-hydrogen) atoms. The predicted octanol–water partition coefficient (Wildman–Crippen LogP) is -6.03. The van der Waals surface area contributed by atoms with Gasteiger partial charge in [0.25, 0.3) is 0 Å². The monoisotopic (exact) mass is 614 g/mol. The first-order valence-corrected chi connectivity index (χ1v) is 13.9. The number of hydrogen-bond acceptors (Lipinski definition) is 13. The lowest BCUT2D eigenvalue weighted by atomic mass is 9.79. The number of esters is 1. The summed E-state index contributed by atoms with van der Waals surface area (Å²) in [6.45, 7) is 3.89. The van der Waals surface area contributed by atoms with E-state index in [1.54, 1.807) is 12.2 Å². The van der Waals surface area contributed by atoms with Gasteiger partial charge in [-0.25, -0.2) is 4.79 Å². The highest BCUT2D eigenvalue weighted by molar-refractivity contribution is 5.89. The van der Waals surface area contributed by atoms with E-state index in [2.05, 4.69) is 16.9 Å². The number of likely N-dealkylation sites (tertiary alicyclic amines) is 1. The quantitative estimate of drug-likeness (QED) is 0.0467.